The number of carbonyl (C=O) groups excluding carboxylic acids is 1. The van der Waals surface area contributed by atoms with E-state index in [4.69, 9.17) is 9.84 Å². The maximum Gasteiger partial charge on any atom is 0.293 e. The highest BCUT2D eigenvalue weighted by Gasteiger charge is 2.42. The smallest absolute Gasteiger partial charge is 0.293 e. The van der Waals surface area contributed by atoms with Crippen LogP contribution in [-0.4, -0.2) is 49.5 Å². The molecule has 2 fully saturated rings. The predicted octanol–water partition coefficient (Wildman–Crippen LogP) is 1.69. The number of nitrogens with zero attached hydrogens (tertiary/aromatic N) is 1. The lowest BCUT2D eigenvalue weighted by atomic mass is 9.92. The van der Waals surface area contributed by atoms with Gasteiger partial charge in [-0.2, -0.15) is 0 Å². The first-order valence-electron chi connectivity index (χ1n) is 9.10. The zero-order valence-electron chi connectivity index (χ0n) is 15.0. The summed E-state index contributed by atoms with van der Waals surface area (Å²) in [5.74, 6) is 2.70. The average Bonchev–Trinajstić information content (AvgIpc) is 3.42. The molecule has 3 rings (SSSR count). The Morgan fingerprint density at radius 1 is 1.36 bits per heavy atom. The number of piperidine rings is 1. The van der Waals surface area contributed by atoms with Gasteiger partial charge >= 0.3 is 0 Å². The van der Waals surface area contributed by atoms with Gasteiger partial charge in [0.2, 0.25) is 0 Å². The average molecular weight is 350 g/mol. The molecule has 2 aliphatic rings. The monoisotopic (exact) mass is 350 g/mol. The molecule has 2 atom stereocenters. The summed E-state index contributed by atoms with van der Waals surface area (Å²) >= 11 is 0. The van der Waals surface area contributed by atoms with Crippen LogP contribution in [0, 0.1) is 24.7 Å². The molecule has 6 heteroatoms. The van der Waals surface area contributed by atoms with Crippen LogP contribution in [0.3, 0.4) is 0 Å². The molecule has 1 aromatic heterocycles. The molecule has 1 saturated heterocycles. The number of hydrogen-bond donors (Lipinski definition) is 2. The number of aliphatic hydroxyl groups is 1. The Hall–Kier alpha value is -1.50. The molecular formula is C19H30N2O4. The van der Waals surface area contributed by atoms with Crippen LogP contribution in [0.1, 0.15) is 30.5 Å². The van der Waals surface area contributed by atoms with Gasteiger partial charge in [-0.25, -0.2) is 0 Å². The summed E-state index contributed by atoms with van der Waals surface area (Å²) in [6.07, 6.45) is 6.01. The number of carbonyl (C=O) groups is 1. The molecule has 6 nitrogen and oxygen atoms in total. The lowest BCUT2D eigenvalue weighted by molar-refractivity contribution is -0.129. The van der Waals surface area contributed by atoms with Crippen molar-refractivity contribution in [2.45, 2.75) is 32.8 Å². The molecule has 0 spiro atoms. The van der Waals surface area contributed by atoms with Crippen molar-refractivity contribution >= 4 is 6.47 Å². The fourth-order valence-electron chi connectivity index (χ4n) is 3.31. The summed E-state index contributed by atoms with van der Waals surface area (Å²) in [6.45, 7) is 6.37. The summed E-state index contributed by atoms with van der Waals surface area (Å²) in [4.78, 5) is 13.6. The van der Waals surface area contributed by atoms with E-state index in [2.05, 4.69) is 34.1 Å². The zero-order chi connectivity index (χ0) is 17.9. The highest BCUT2D eigenvalue weighted by molar-refractivity contribution is 5.36. The van der Waals surface area contributed by atoms with Gasteiger partial charge in [-0.1, -0.05) is 6.07 Å². The first kappa shape index (κ1) is 19.8. The maximum absolute atomic E-state index is 9.23. The molecule has 2 heterocycles. The van der Waals surface area contributed by atoms with Gasteiger partial charge in [0.1, 0.15) is 6.61 Å². The normalized spacial score (nSPS) is 22.6. The molecule has 1 saturated carbocycles. The van der Waals surface area contributed by atoms with Crippen molar-refractivity contribution in [3.05, 3.63) is 29.6 Å². The molecule has 25 heavy (non-hydrogen) atoms. The highest BCUT2D eigenvalue weighted by Crippen LogP contribution is 2.47. The quantitative estimate of drug-likeness (QED) is 0.549. The third kappa shape index (κ3) is 7.50. The second-order valence-electron chi connectivity index (χ2n) is 6.78. The van der Waals surface area contributed by atoms with E-state index in [9.17, 15) is 4.79 Å². The van der Waals surface area contributed by atoms with Crippen molar-refractivity contribution in [2.24, 2.45) is 17.8 Å². The fourth-order valence-corrected chi connectivity index (χ4v) is 3.31. The molecule has 0 amide bonds. The lowest BCUT2D eigenvalue weighted by Gasteiger charge is -2.22. The van der Waals surface area contributed by atoms with Crippen molar-refractivity contribution in [3.63, 3.8) is 0 Å². The number of hydrogen-bond acceptors (Lipinski definition) is 6. The number of aromatic nitrogens is 1. The fraction of sp³-hybridized carbons (Fsp3) is 0.684. The van der Waals surface area contributed by atoms with E-state index >= 15 is 0 Å². The molecule has 0 bridgehead atoms. The highest BCUT2D eigenvalue weighted by atomic mass is 16.5. The Bertz CT molecular complexity index is 489. The molecule has 140 valence electrons. The Balaban J connectivity index is 0.000000326. The van der Waals surface area contributed by atoms with Gasteiger partial charge in [0.15, 0.2) is 0 Å². The number of aliphatic hydroxyl groups excluding tert-OH is 1. The first-order chi connectivity index (χ1) is 12.2. The SMILES string of the molecule is Cc1ccc(COCC2CC2C2CCNCC2)nc1.O=COCCO. The van der Waals surface area contributed by atoms with Gasteiger partial charge in [0.25, 0.3) is 6.47 Å². The molecule has 1 aliphatic heterocycles. The number of aryl methyl sites for hydroxylation is 1. The van der Waals surface area contributed by atoms with Crippen molar-refractivity contribution in [1.82, 2.24) is 10.3 Å². The number of nitrogens with one attached hydrogen (secondary N) is 1. The van der Waals surface area contributed by atoms with Gasteiger partial charge in [-0.3, -0.25) is 9.78 Å². The van der Waals surface area contributed by atoms with Gasteiger partial charge in [0, 0.05) is 6.20 Å². The van der Waals surface area contributed by atoms with Gasteiger partial charge in [-0.15, -0.1) is 0 Å². The van der Waals surface area contributed by atoms with Crippen LogP contribution in [0.5, 0.6) is 0 Å². The standard InChI is InChI=1S/C16H24N2O.C3H6O3/c1-12-2-3-15(18-9-12)11-19-10-14-8-16(14)13-4-6-17-7-5-13;4-1-2-6-3-5/h2-3,9,13-14,16-17H,4-8,10-11H2,1H3;3-4H,1-2H2. The van der Waals surface area contributed by atoms with E-state index in [0.29, 0.717) is 13.1 Å². The van der Waals surface area contributed by atoms with Crippen molar-refractivity contribution < 1.29 is 19.4 Å². The van der Waals surface area contributed by atoms with Crippen LogP contribution in [0.25, 0.3) is 0 Å². The second-order valence-corrected chi connectivity index (χ2v) is 6.78. The minimum atomic E-state index is -0.0985. The number of pyridine rings is 1. The van der Waals surface area contributed by atoms with Gasteiger partial charge in [0.05, 0.1) is 25.5 Å². The molecule has 2 N–H and O–H groups in total. The second kappa shape index (κ2) is 11.2. The van der Waals surface area contributed by atoms with E-state index in [0.717, 1.165) is 30.1 Å². The minimum absolute atomic E-state index is 0.0985. The van der Waals surface area contributed by atoms with E-state index in [1.807, 2.05) is 6.20 Å². The van der Waals surface area contributed by atoms with Crippen LogP contribution in [0.15, 0.2) is 18.3 Å². The number of ether oxygens (including phenoxy) is 2. The zero-order valence-corrected chi connectivity index (χ0v) is 15.0. The van der Waals surface area contributed by atoms with Crippen molar-refractivity contribution in [3.8, 4) is 0 Å². The largest absolute Gasteiger partial charge is 0.465 e. The number of rotatable bonds is 8. The molecule has 0 radical (unpaired) electrons. The third-order valence-corrected chi connectivity index (χ3v) is 4.80. The van der Waals surface area contributed by atoms with Crippen LogP contribution < -0.4 is 5.32 Å². The third-order valence-electron chi connectivity index (χ3n) is 4.80. The summed E-state index contributed by atoms with van der Waals surface area (Å²) in [5, 5.41) is 11.4. The predicted molar refractivity (Wildman–Crippen MR) is 94.9 cm³/mol. The maximum atomic E-state index is 9.23. The Labute approximate surface area is 149 Å². The first-order valence-corrected chi connectivity index (χ1v) is 9.10. The lowest BCUT2D eigenvalue weighted by Crippen LogP contribution is -2.29. The summed E-state index contributed by atoms with van der Waals surface area (Å²) in [5.41, 5.74) is 2.25. The summed E-state index contributed by atoms with van der Waals surface area (Å²) in [6, 6.07) is 4.16. The summed E-state index contributed by atoms with van der Waals surface area (Å²) in [7, 11) is 0. The van der Waals surface area contributed by atoms with Crippen LogP contribution >= 0.6 is 0 Å². The van der Waals surface area contributed by atoms with E-state index in [-0.39, 0.29) is 13.2 Å². The summed E-state index contributed by atoms with van der Waals surface area (Å²) < 4.78 is 9.88. The van der Waals surface area contributed by atoms with Gasteiger partial charge < -0.3 is 19.9 Å². The van der Waals surface area contributed by atoms with Crippen molar-refractivity contribution in [2.75, 3.05) is 32.9 Å². The molecule has 0 aromatic carbocycles. The molecular weight excluding hydrogens is 320 g/mol. The Morgan fingerprint density at radius 2 is 2.16 bits per heavy atom. The van der Waals surface area contributed by atoms with E-state index in [1.54, 1.807) is 0 Å². The minimum Gasteiger partial charge on any atom is -0.465 e. The van der Waals surface area contributed by atoms with Crippen LogP contribution in [0.2, 0.25) is 0 Å². The van der Waals surface area contributed by atoms with Gasteiger partial charge in [-0.05, 0) is 68.7 Å². The molecule has 1 aromatic rings. The van der Waals surface area contributed by atoms with E-state index < -0.39 is 0 Å². The van der Waals surface area contributed by atoms with E-state index in [1.165, 1.54) is 37.9 Å². The van der Waals surface area contributed by atoms with Crippen LogP contribution in [0.4, 0.5) is 0 Å². The Kier molecular flexibility index (Phi) is 8.86. The Morgan fingerprint density at radius 3 is 2.76 bits per heavy atom. The van der Waals surface area contributed by atoms with Crippen molar-refractivity contribution in [1.29, 1.82) is 0 Å². The van der Waals surface area contributed by atoms with Crippen LogP contribution in [-0.2, 0) is 20.9 Å². The molecule has 1 aliphatic carbocycles. The topological polar surface area (TPSA) is 80.7 Å². The molecule has 2 unspecified atom stereocenters.